The van der Waals surface area contributed by atoms with Crippen LogP contribution in [0.1, 0.15) is 19.8 Å². The number of nitrogens with zero attached hydrogens (tertiary/aromatic N) is 2. The van der Waals surface area contributed by atoms with Gasteiger partial charge in [0.25, 0.3) is 5.69 Å². The van der Waals surface area contributed by atoms with Crippen molar-refractivity contribution in [2.24, 2.45) is 0 Å². The summed E-state index contributed by atoms with van der Waals surface area (Å²) in [6.07, 6.45) is 2.28. The summed E-state index contributed by atoms with van der Waals surface area (Å²) in [5, 5.41) is 22.0. The molecule has 0 aliphatic rings. The van der Waals surface area contributed by atoms with Gasteiger partial charge in [-0.15, -0.1) is 0 Å². The van der Waals surface area contributed by atoms with E-state index in [1.807, 2.05) is 6.92 Å². The topological polar surface area (TPSA) is 105 Å². The molecule has 92 valence electrons. The van der Waals surface area contributed by atoms with Gasteiger partial charge >= 0.3 is 5.97 Å². The first-order valence-corrected chi connectivity index (χ1v) is 5.14. The van der Waals surface area contributed by atoms with Gasteiger partial charge in [0.1, 0.15) is 18.1 Å². The highest BCUT2D eigenvalue weighted by atomic mass is 16.6. The minimum atomic E-state index is -0.966. The molecule has 2 N–H and O–H groups in total. The Hall–Kier alpha value is -2.18. The molecule has 1 aromatic heterocycles. The SMILES string of the molecule is CCCC(Nc1ccc([N+](=O)[O-])cn1)C(=O)O. The molecule has 1 aromatic rings. The fourth-order valence-electron chi connectivity index (χ4n) is 1.30. The first-order chi connectivity index (χ1) is 8.04. The van der Waals surface area contributed by atoms with Crippen molar-refractivity contribution in [1.82, 2.24) is 4.98 Å². The van der Waals surface area contributed by atoms with E-state index in [9.17, 15) is 14.9 Å². The Morgan fingerprint density at radius 3 is 2.76 bits per heavy atom. The normalized spacial score (nSPS) is 11.8. The third kappa shape index (κ3) is 3.71. The molecular weight excluding hydrogens is 226 g/mol. The first kappa shape index (κ1) is 12.9. The van der Waals surface area contributed by atoms with Gasteiger partial charge in [-0.05, 0) is 12.5 Å². The van der Waals surface area contributed by atoms with Gasteiger partial charge in [-0.2, -0.15) is 0 Å². The van der Waals surface area contributed by atoms with Gasteiger partial charge in [-0.25, -0.2) is 9.78 Å². The molecule has 0 saturated heterocycles. The maximum atomic E-state index is 10.9. The number of aliphatic carboxylic acids is 1. The van der Waals surface area contributed by atoms with Crippen LogP contribution in [0.25, 0.3) is 0 Å². The molecular formula is C10H13N3O4. The molecule has 1 unspecified atom stereocenters. The third-order valence-electron chi connectivity index (χ3n) is 2.16. The van der Waals surface area contributed by atoms with Crippen LogP contribution in [0.15, 0.2) is 18.3 Å². The fourth-order valence-corrected chi connectivity index (χ4v) is 1.30. The van der Waals surface area contributed by atoms with Gasteiger partial charge in [-0.3, -0.25) is 10.1 Å². The number of hydrogen-bond acceptors (Lipinski definition) is 5. The molecule has 0 aliphatic carbocycles. The van der Waals surface area contributed by atoms with Crippen LogP contribution in [0.4, 0.5) is 11.5 Å². The Morgan fingerprint density at radius 2 is 2.35 bits per heavy atom. The van der Waals surface area contributed by atoms with E-state index in [4.69, 9.17) is 5.11 Å². The number of carboxylic acids is 1. The molecule has 0 spiro atoms. The highest BCUT2D eigenvalue weighted by Crippen LogP contribution is 2.13. The van der Waals surface area contributed by atoms with Crippen molar-refractivity contribution in [2.75, 3.05) is 5.32 Å². The molecule has 0 fully saturated rings. The van der Waals surface area contributed by atoms with E-state index in [0.29, 0.717) is 12.2 Å². The molecule has 1 atom stereocenters. The predicted octanol–water partition coefficient (Wildman–Crippen LogP) is 1.65. The number of hydrogen-bond donors (Lipinski definition) is 2. The number of pyridine rings is 1. The molecule has 0 aliphatic heterocycles. The van der Waals surface area contributed by atoms with Crippen LogP contribution in [0.3, 0.4) is 0 Å². The molecule has 17 heavy (non-hydrogen) atoms. The third-order valence-corrected chi connectivity index (χ3v) is 2.16. The summed E-state index contributed by atoms with van der Waals surface area (Å²) in [7, 11) is 0. The lowest BCUT2D eigenvalue weighted by atomic mass is 10.1. The minimum Gasteiger partial charge on any atom is -0.480 e. The summed E-state index contributed by atoms with van der Waals surface area (Å²) in [6, 6.07) is 1.94. The van der Waals surface area contributed by atoms with Crippen LogP contribution in [0.5, 0.6) is 0 Å². The lowest BCUT2D eigenvalue weighted by Gasteiger charge is -2.13. The zero-order valence-corrected chi connectivity index (χ0v) is 9.29. The summed E-state index contributed by atoms with van der Waals surface area (Å²) in [5.74, 6) is -0.650. The Bertz CT molecular complexity index is 405. The molecule has 0 radical (unpaired) electrons. The Kier molecular flexibility index (Phi) is 4.38. The summed E-state index contributed by atoms with van der Waals surface area (Å²) in [4.78, 5) is 24.5. The molecule has 7 heteroatoms. The van der Waals surface area contributed by atoms with E-state index in [2.05, 4.69) is 10.3 Å². The highest BCUT2D eigenvalue weighted by molar-refractivity contribution is 5.76. The summed E-state index contributed by atoms with van der Waals surface area (Å²) in [6.45, 7) is 1.88. The fraction of sp³-hybridized carbons (Fsp3) is 0.400. The van der Waals surface area contributed by atoms with Crippen LogP contribution in [-0.2, 0) is 4.79 Å². The standard InChI is InChI=1S/C10H13N3O4/c1-2-3-8(10(14)15)12-9-5-4-7(6-11-9)13(16)17/h4-6,8H,2-3H2,1H3,(H,11,12)(H,14,15). The Balaban J connectivity index is 2.73. The lowest BCUT2D eigenvalue weighted by molar-refractivity contribution is -0.385. The van der Waals surface area contributed by atoms with E-state index in [0.717, 1.165) is 12.6 Å². The lowest BCUT2D eigenvalue weighted by Crippen LogP contribution is -2.29. The maximum Gasteiger partial charge on any atom is 0.326 e. The minimum absolute atomic E-state index is 0.127. The van der Waals surface area contributed by atoms with Crippen molar-refractivity contribution >= 4 is 17.5 Å². The van der Waals surface area contributed by atoms with Crippen LogP contribution < -0.4 is 5.32 Å². The number of carbonyl (C=O) groups is 1. The molecule has 0 amide bonds. The quantitative estimate of drug-likeness (QED) is 0.577. The molecule has 0 bridgehead atoms. The maximum absolute atomic E-state index is 10.9. The number of rotatable bonds is 6. The number of aromatic nitrogens is 1. The van der Waals surface area contributed by atoms with Crippen LogP contribution in [0.2, 0.25) is 0 Å². The second-order valence-electron chi connectivity index (χ2n) is 3.48. The highest BCUT2D eigenvalue weighted by Gasteiger charge is 2.16. The van der Waals surface area contributed by atoms with Crippen molar-refractivity contribution in [3.05, 3.63) is 28.4 Å². The smallest absolute Gasteiger partial charge is 0.326 e. The van der Waals surface area contributed by atoms with Gasteiger partial charge in [0.2, 0.25) is 0 Å². The van der Waals surface area contributed by atoms with Crippen molar-refractivity contribution in [3.8, 4) is 0 Å². The predicted molar refractivity (Wildman–Crippen MR) is 60.8 cm³/mol. The zero-order valence-electron chi connectivity index (χ0n) is 9.29. The van der Waals surface area contributed by atoms with E-state index in [1.165, 1.54) is 12.1 Å². The second kappa shape index (κ2) is 5.78. The average molecular weight is 239 g/mol. The van der Waals surface area contributed by atoms with E-state index < -0.39 is 16.9 Å². The largest absolute Gasteiger partial charge is 0.480 e. The van der Waals surface area contributed by atoms with E-state index >= 15 is 0 Å². The second-order valence-corrected chi connectivity index (χ2v) is 3.48. The van der Waals surface area contributed by atoms with E-state index in [1.54, 1.807) is 0 Å². The van der Waals surface area contributed by atoms with Gasteiger partial charge in [0.05, 0.1) is 4.92 Å². The van der Waals surface area contributed by atoms with Crippen molar-refractivity contribution in [1.29, 1.82) is 0 Å². The van der Waals surface area contributed by atoms with Crippen molar-refractivity contribution < 1.29 is 14.8 Å². The molecule has 0 saturated carbocycles. The van der Waals surface area contributed by atoms with Crippen LogP contribution in [-0.4, -0.2) is 27.0 Å². The molecule has 1 rings (SSSR count). The monoisotopic (exact) mass is 239 g/mol. The average Bonchev–Trinajstić information content (AvgIpc) is 2.29. The van der Waals surface area contributed by atoms with E-state index in [-0.39, 0.29) is 5.69 Å². The molecule has 7 nitrogen and oxygen atoms in total. The Labute approximate surface area is 97.6 Å². The van der Waals surface area contributed by atoms with Crippen LogP contribution >= 0.6 is 0 Å². The number of nitro groups is 1. The number of anilines is 1. The van der Waals surface area contributed by atoms with Gasteiger partial charge in [-0.1, -0.05) is 13.3 Å². The summed E-state index contributed by atoms with van der Waals surface area (Å²) >= 11 is 0. The van der Waals surface area contributed by atoms with Gasteiger partial charge in [0.15, 0.2) is 0 Å². The summed E-state index contributed by atoms with van der Waals surface area (Å²) in [5.41, 5.74) is -0.127. The zero-order chi connectivity index (χ0) is 12.8. The first-order valence-electron chi connectivity index (χ1n) is 5.14. The molecule has 1 heterocycles. The number of nitrogens with one attached hydrogen (secondary N) is 1. The van der Waals surface area contributed by atoms with Gasteiger partial charge in [0, 0.05) is 6.07 Å². The molecule has 0 aromatic carbocycles. The summed E-state index contributed by atoms with van der Waals surface area (Å²) < 4.78 is 0. The van der Waals surface area contributed by atoms with Crippen molar-refractivity contribution in [2.45, 2.75) is 25.8 Å². The number of carboxylic acid groups (broad SMARTS) is 1. The van der Waals surface area contributed by atoms with Crippen molar-refractivity contribution in [3.63, 3.8) is 0 Å². The Morgan fingerprint density at radius 1 is 1.65 bits per heavy atom. The van der Waals surface area contributed by atoms with Gasteiger partial charge < -0.3 is 10.4 Å². The van der Waals surface area contributed by atoms with Crippen LogP contribution in [0, 0.1) is 10.1 Å².